The third kappa shape index (κ3) is 3.45. The SMILES string of the molecule is COc1ccc(CN2C(=O)c3cccnc3C2=O)cc1S(=O)(=O)N1CCCc2ccccc21. The second-order valence-corrected chi connectivity index (χ2v) is 9.72. The molecule has 2 aliphatic rings. The van der Waals surface area contributed by atoms with E-state index in [0.717, 1.165) is 16.9 Å². The van der Waals surface area contributed by atoms with Crippen molar-refractivity contribution >= 4 is 27.5 Å². The minimum Gasteiger partial charge on any atom is -0.495 e. The summed E-state index contributed by atoms with van der Waals surface area (Å²) in [6, 6.07) is 15.3. The number of hydrogen-bond donors (Lipinski definition) is 0. The maximum Gasteiger partial charge on any atom is 0.280 e. The van der Waals surface area contributed by atoms with Crippen LogP contribution in [0.5, 0.6) is 5.75 Å². The van der Waals surface area contributed by atoms with Gasteiger partial charge in [0, 0.05) is 12.7 Å². The number of benzene rings is 2. The summed E-state index contributed by atoms with van der Waals surface area (Å²) in [5.74, 6) is -0.750. The zero-order chi connectivity index (χ0) is 23.2. The van der Waals surface area contributed by atoms with Gasteiger partial charge in [0.1, 0.15) is 16.3 Å². The third-order valence-electron chi connectivity index (χ3n) is 5.94. The highest BCUT2D eigenvalue weighted by molar-refractivity contribution is 7.93. The summed E-state index contributed by atoms with van der Waals surface area (Å²) in [4.78, 5) is 30.5. The molecule has 2 aliphatic heterocycles. The molecular weight excluding hydrogens is 442 g/mol. The summed E-state index contributed by atoms with van der Waals surface area (Å²) in [5.41, 5.74) is 2.47. The molecule has 33 heavy (non-hydrogen) atoms. The Morgan fingerprint density at radius 2 is 1.85 bits per heavy atom. The molecule has 1 aromatic heterocycles. The molecule has 0 saturated carbocycles. The Labute approximate surface area is 191 Å². The van der Waals surface area contributed by atoms with Crippen LogP contribution >= 0.6 is 0 Å². The number of amides is 2. The highest BCUT2D eigenvalue weighted by atomic mass is 32.2. The standard InChI is InChI=1S/C24H21N3O5S/c1-32-20-11-10-16(15-26-23(28)18-8-4-12-25-22(18)24(26)29)14-21(20)33(30,31)27-13-5-7-17-6-2-3-9-19(17)27/h2-4,6,8-12,14H,5,7,13,15H2,1H3. The fourth-order valence-corrected chi connectivity index (χ4v) is 6.08. The van der Waals surface area contributed by atoms with E-state index in [1.54, 1.807) is 30.3 Å². The van der Waals surface area contributed by atoms with E-state index in [-0.39, 0.29) is 28.4 Å². The summed E-state index contributed by atoms with van der Waals surface area (Å²) in [6.07, 6.45) is 2.98. The number of anilines is 1. The number of aromatic nitrogens is 1. The van der Waals surface area contributed by atoms with E-state index in [4.69, 9.17) is 4.74 Å². The molecule has 0 bridgehead atoms. The van der Waals surface area contributed by atoms with E-state index >= 15 is 0 Å². The van der Waals surface area contributed by atoms with E-state index in [9.17, 15) is 18.0 Å². The summed E-state index contributed by atoms with van der Waals surface area (Å²) < 4.78 is 34.2. The molecule has 2 aromatic carbocycles. The molecule has 0 spiro atoms. The predicted molar refractivity (Wildman–Crippen MR) is 121 cm³/mol. The molecule has 0 unspecified atom stereocenters. The molecular formula is C24H21N3O5S. The Bertz CT molecular complexity index is 1350. The highest BCUT2D eigenvalue weighted by Crippen LogP contribution is 2.35. The average Bonchev–Trinajstić information content (AvgIpc) is 3.08. The van der Waals surface area contributed by atoms with Crippen LogP contribution in [0, 0.1) is 0 Å². The number of sulfonamides is 1. The van der Waals surface area contributed by atoms with Crippen LogP contribution in [0.1, 0.15) is 38.4 Å². The first-order valence-corrected chi connectivity index (χ1v) is 11.9. The quantitative estimate of drug-likeness (QED) is 0.540. The predicted octanol–water partition coefficient (Wildman–Crippen LogP) is 3.03. The molecule has 3 heterocycles. The molecule has 0 saturated heterocycles. The number of rotatable bonds is 5. The largest absolute Gasteiger partial charge is 0.495 e. The Morgan fingerprint density at radius 3 is 2.64 bits per heavy atom. The smallest absolute Gasteiger partial charge is 0.280 e. The normalized spacial score (nSPS) is 15.4. The van der Waals surface area contributed by atoms with Gasteiger partial charge in [-0.05, 0) is 54.3 Å². The minimum atomic E-state index is -3.95. The van der Waals surface area contributed by atoms with Gasteiger partial charge in [-0.25, -0.2) is 8.42 Å². The lowest BCUT2D eigenvalue weighted by Crippen LogP contribution is -2.35. The van der Waals surface area contributed by atoms with Crippen molar-refractivity contribution in [1.82, 2.24) is 9.88 Å². The van der Waals surface area contributed by atoms with Crippen molar-refractivity contribution in [1.29, 1.82) is 0 Å². The molecule has 0 radical (unpaired) electrons. The summed E-state index contributed by atoms with van der Waals surface area (Å²) in [6.45, 7) is 0.286. The van der Waals surface area contributed by atoms with Gasteiger partial charge >= 0.3 is 0 Å². The fraction of sp³-hybridized carbons (Fsp3) is 0.208. The Hall–Kier alpha value is -3.72. The molecule has 0 aliphatic carbocycles. The van der Waals surface area contributed by atoms with Crippen LogP contribution < -0.4 is 9.04 Å². The molecule has 2 amide bonds. The molecule has 168 valence electrons. The van der Waals surface area contributed by atoms with Crippen molar-refractivity contribution in [3.05, 3.63) is 83.2 Å². The second-order valence-electron chi connectivity index (χ2n) is 7.89. The van der Waals surface area contributed by atoms with E-state index in [2.05, 4.69) is 4.98 Å². The molecule has 3 aromatic rings. The lowest BCUT2D eigenvalue weighted by molar-refractivity contribution is 0.0640. The van der Waals surface area contributed by atoms with Gasteiger partial charge in [0.2, 0.25) is 0 Å². The molecule has 5 rings (SSSR count). The first-order valence-electron chi connectivity index (χ1n) is 10.5. The van der Waals surface area contributed by atoms with Crippen LogP contribution in [-0.4, -0.2) is 43.8 Å². The lowest BCUT2D eigenvalue weighted by atomic mass is 10.0. The van der Waals surface area contributed by atoms with Crippen molar-refractivity contribution in [2.45, 2.75) is 24.3 Å². The molecule has 0 N–H and O–H groups in total. The summed E-state index contributed by atoms with van der Waals surface area (Å²) in [7, 11) is -2.54. The number of pyridine rings is 1. The van der Waals surface area contributed by atoms with Gasteiger partial charge in [0.15, 0.2) is 0 Å². The van der Waals surface area contributed by atoms with Crippen molar-refractivity contribution < 1.29 is 22.7 Å². The summed E-state index contributed by atoms with van der Waals surface area (Å²) >= 11 is 0. The van der Waals surface area contributed by atoms with Crippen molar-refractivity contribution in [2.24, 2.45) is 0 Å². The van der Waals surface area contributed by atoms with Crippen LogP contribution in [0.4, 0.5) is 5.69 Å². The van der Waals surface area contributed by atoms with Gasteiger partial charge in [0.05, 0.1) is 24.9 Å². The first kappa shape index (κ1) is 21.1. The van der Waals surface area contributed by atoms with E-state index in [0.29, 0.717) is 24.2 Å². The number of nitrogens with zero attached hydrogens (tertiary/aromatic N) is 3. The second kappa shape index (κ2) is 8.00. The van der Waals surface area contributed by atoms with Crippen molar-refractivity contribution in [3.63, 3.8) is 0 Å². The van der Waals surface area contributed by atoms with Gasteiger partial charge in [0.25, 0.3) is 21.8 Å². The summed E-state index contributed by atoms with van der Waals surface area (Å²) in [5, 5.41) is 0. The van der Waals surface area contributed by atoms with E-state index < -0.39 is 21.8 Å². The third-order valence-corrected chi connectivity index (χ3v) is 7.77. The van der Waals surface area contributed by atoms with Gasteiger partial charge in [-0.3, -0.25) is 23.8 Å². The van der Waals surface area contributed by atoms with Crippen molar-refractivity contribution in [3.8, 4) is 5.75 Å². The van der Waals surface area contributed by atoms with Gasteiger partial charge in [-0.2, -0.15) is 0 Å². The Morgan fingerprint density at radius 1 is 1.03 bits per heavy atom. The number of methoxy groups -OCH3 is 1. The minimum absolute atomic E-state index is 0.00561. The number of fused-ring (bicyclic) bond motifs is 2. The monoisotopic (exact) mass is 463 g/mol. The van der Waals surface area contributed by atoms with Crippen molar-refractivity contribution in [2.75, 3.05) is 18.0 Å². The molecule has 0 fully saturated rings. The number of ether oxygens (including phenoxy) is 1. The van der Waals surface area contributed by atoms with Crippen LogP contribution in [0.25, 0.3) is 0 Å². The number of aryl methyl sites for hydroxylation is 1. The van der Waals surface area contributed by atoms with Crippen LogP contribution in [0.15, 0.2) is 65.7 Å². The first-order chi connectivity index (χ1) is 15.9. The maximum absolute atomic E-state index is 13.7. The topological polar surface area (TPSA) is 96.9 Å². The molecule has 8 nitrogen and oxygen atoms in total. The molecule has 0 atom stereocenters. The number of imide groups is 1. The van der Waals surface area contributed by atoms with E-state index in [1.165, 1.54) is 23.7 Å². The maximum atomic E-state index is 13.7. The lowest BCUT2D eigenvalue weighted by Gasteiger charge is -2.31. The zero-order valence-corrected chi connectivity index (χ0v) is 18.7. The number of carbonyl (C=O) groups is 2. The van der Waals surface area contributed by atoms with Crippen LogP contribution in [0.3, 0.4) is 0 Å². The fourth-order valence-electron chi connectivity index (χ4n) is 4.33. The van der Waals surface area contributed by atoms with Gasteiger partial charge in [-0.15, -0.1) is 0 Å². The van der Waals surface area contributed by atoms with Gasteiger partial charge < -0.3 is 4.74 Å². The van der Waals surface area contributed by atoms with Crippen LogP contribution in [0.2, 0.25) is 0 Å². The zero-order valence-electron chi connectivity index (χ0n) is 17.9. The Kier molecular flexibility index (Phi) is 5.13. The van der Waals surface area contributed by atoms with Crippen LogP contribution in [-0.2, 0) is 23.0 Å². The van der Waals surface area contributed by atoms with E-state index in [1.807, 2.05) is 18.2 Å². The number of para-hydroxylation sites is 1. The number of hydrogen-bond acceptors (Lipinski definition) is 6. The molecule has 9 heteroatoms. The number of carbonyl (C=O) groups excluding carboxylic acids is 2. The average molecular weight is 464 g/mol. The highest BCUT2D eigenvalue weighted by Gasteiger charge is 2.37. The Balaban J connectivity index is 1.52. The van der Waals surface area contributed by atoms with Gasteiger partial charge in [-0.1, -0.05) is 24.3 Å².